The predicted molar refractivity (Wildman–Crippen MR) is 57.2 cm³/mol. The van der Waals surface area contributed by atoms with Crippen molar-refractivity contribution < 1.29 is 49.0 Å². The Hall–Kier alpha value is -0.520. The van der Waals surface area contributed by atoms with E-state index >= 15 is 0 Å². The summed E-state index contributed by atoms with van der Waals surface area (Å²) in [5.74, 6) is -1.81. The molecule has 1 N–H and O–H groups in total. The topological polar surface area (TPSA) is 78.5 Å². The Balaban J connectivity index is 0. The van der Waals surface area contributed by atoms with Crippen molar-refractivity contribution in [1.29, 1.82) is 0 Å². The second-order valence-corrected chi connectivity index (χ2v) is 3.76. The first-order chi connectivity index (χ1) is 7.38. The first kappa shape index (κ1) is 18.8. The zero-order chi connectivity index (χ0) is 12.7. The van der Waals surface area contributed by atoms with E-state index in [9.17, 15) is 14.7 Å². The van der Waals surface area contributed by atoms with Gasteiger partial charge in [-0.05, 0) is 19.8 Å². The van der Waals surface area contributed by atoms with Crippen LogP contribution in [0.1, 0.15) is 27.7 Å². The van der Waals surface area contributed by atoms with Crippen molar-refractivity contribution in [3.63, 3.8) is 0 Å². The van der Waals surface area contributed by atoms with Crippen LogP contribution in [0.25, 0.3) is 0 Å². The first-order valence-corrected chi connectivity index (χ1v) is 5.21. The summed E-state index contributed by atoms with van der Waals surface area (Å²) in [6.45, 7) is 7.11. The van der Waals surface area contributed by atoms with E-state index in [4.69, 9.17) is 4.74 Å². The Morgan fingerprint density at radius 3 is 2.29 bits per heavy atom. The Kier molecular flexibility index (Phi) is 10.5. The quantitative estimate of drug-likeness (QED) is 0.306. The second kappa shape index (κ2) is 9.50. The van der Waals surface area contributed by atoms with Gasteiger partial charge >= 0.3 is 35.5 Å². The molecular formula is C11H18NNaO4. The fourth-order valence-corrected chi connectivity index (χ4v) is 1.15. The molecule has 92 valence electrons. The molecule has 17 heavy (non-hydrogen) atoms. The SMILES string of the molecule is CCOC(=O)/C=C(\C)N[C@H](C(=O)[O-])C(C)C.[Na+]. The normalized spacial score (nSPS) is 12.6. The van der Waals surface area contributed by atoms with E-state index < -0.39 is 18.0 Å². The van der Waals surface area contributed by atoms with Gasteiger partial charge in [0.1, 0.15) is 0 Å². The van der Waals surface area contributed by atoms with Gasteiger partial charge in [0.15, 0.2) is 0 Å². The number of ether oxygens (including phenoxy) is 1. The van der Waals surface area contributed by atoms with Gasteiger partial charge in [0, 0.05) is 11.8 Å². The maximum atomic E-state index is 11.1. The van der Waals surface area contributed by atoms with Crippen LogP contribution in [0.15, 0.2) is 11.8 Å². The molecule has 0 aliphatic rings. The number of hydrogen-bond donors (Lipinski definition) is 1. The molecule has 5 nitrogen and oxygen atoms in total. The molecule has 0 aliphatic carbocycles. The van der Waals surface area contributed by atoms with Crippen molar-refractivity contribution in [1.82, 2.24) is 5.32 Å². The summed E-state index contributed by atoms with van der Waals surface area (Å²) in [6.07, 6.45) is 1.22. The van der Waals surface area contributed by atoms with Crippen molar-refractivity contribution in [2.45, 2.75) is 33.7 Å². The van der Waals surface area contributed by atoms with Crippen molar-refractivity contribution in [3.8, 4) is 0 Å². The summed E-state index contributed by atoms with van der Waals surface area (Å²) in [5.41, 5.74) is 0.446. The van der Waals surface area contributed by atoms with Gasteiger partial charge in [-0.2, -0.15) is 0 Å². The maximum Gasteiger partial charge on any atom is 1.00 e. The van der Waals surface area contributed by atoms with E-state index in [1.165, 1.54) is 6.08 Å². The number of hydrogen-bond acceptors (Lipinski definition) is 5. The molecule has 0 spiro atoms. The van der Waals surface area contributed by atoms with Gasteiger partial charge in [-0.1, -0.05) is 13.8 Å². The molecule has 6 heteroatoms. The minimum absolute atomic E-state index is 0. The average Bonchev–Trinajstić information content (AvgIpc) is 2.13. The molecule has 0 aromatic heterocycles. The summed E-state index contributed by atoms with van der Waals surface area (Å²) >= 11 is 0. The molecule has 0 rings (SSSR count). The van der Waals surface area contributed by atoms with Gasteiger partial charge in [-0.15, -0.1) is 0 Å². The molecule has 0 bridgehead atoms. The molecule has 1 atom stereocenters. The Bertz CT molecular complexity index is 289. The Morgan fingerprint density at radius 1 is 1.41 bits per heavy atom. The van der Waals surface area contributed by atoms with Gasteiger partial charge < -0.3 is 20.0 Å². The molecule has 0 fully saturated rings. The summed E-state index contributed by atoms with van der Waals surface area (Å²) in [7, 11) is 0. The van der Waals surface area contributed by atoms with Crippen molar-refractivity contribution in [2.24, 2.45) is 5.92 Å². The van der Waals surface area contributed by atoms with Crippen LogP contribution in [-0.2, 0) is 14.3 Å². The summed E-state index contributed by atoms with van der Waals surface area (Å²) in [5, 5.41) is 13.5. The van der Waals surface area contributed by atoms with E-state index in [2.05, 4.69) is 5.32 Å². The molecule has 0 amide bonds. The summed E-state index contributed by atoms with van der Waals surface area (Å²) < 4.78 is 4.70. The van der Waals surface area contributed by atoms with E-state index in [1.54, 1.807) is 27.7 Å². The number of carbonyl (C=O) groups is 2. The molecule has 0 saturated carbocycles. The summed E-state index contributed by atoms with van der Waals surface area (Å²) in [6, 6.07) is -0.814. The van der Waals surface area contributed by atoms with E-state index in [-0.39, 0.29) is 42.1 Å². The fourth-order valence-electron chi connectivity index (χ4n) is 1.15. The number of esters is 1. The molecule has 0 aromatic carbocycles. The zero-order valence-electron chi connectivity index (χ0n) is 11.1. The van der Waals surface area contributed by atoms with Gasteiger partial charge in [-0.25, -0.2) is 4.79 Å². The van der Waals surface area contributed by atoms with E-state index in [0.717, 1.165) is 0 Å². The number of rotatable bonds is 6. The second-order valence-electron chi connectivity index (χ2n) is 3.76. The van der Waals surface area contributed by atoms with Crippen LogP contribution in [0.5, 0.6) is 0 Å². The van der Waals surface area contributed by atoms with Crippen molar-refractivity contribution in [3.05, 3.63) is 11.8 Å². The number of aliphatic carboxylic acids is 1. The van der Waals surface area contributed by atoms with Crippen LogP contribution in [0.2, 0.25) is 0 Å². The third kappa shape index (κ3) is 8.24. The monoisotopic (exact) mass is 251 g/mol. The average molecular weight is 251 g/mol. The summed E-state index contributed by atoms with van der Waals surface area (Å²) in [4.78, 5) is 21.8. The smallest absolute Gasteiger partial charge is 0.548 e. The number of carbonyl (C=O) groups excluding carboxylic acids is 2. The van der Waals surface area contributed by atoms with Crippen LogP contribution < -0.4 is 40.0 Å². The van der Waals surface area contributed by atoms with E-state index in [1.807, 2.05) is 0 Å². The third-order valence-corrected chi connectivity index (χ3v) is 1.92. The Morgan fingerprint density at radius 2 is 1.94 bits per heavy atom. The first-order valence-electron chi connectivity index (χ1n) is 5.21. The number of allylic oxidation sites excluding steroid dienone is 1. The fraction of sp³-hybridized carbons (Fsp3) is 0.636. The molecule has 0 aromatic rings. The molecular weight excluding hydrogens is 233 g/mol. The zero-order valence-corrected chi connectivity index (χ0v) is 13.1. The number of nitrogens with one attached hydrogen (secondary N) is 1. The third-order valence-electron chi connectivity index (χ3n) is 1.92. The van der Waals surface area contributed by atoms with Crippen molar-refractivity contribution >= 4 is 11.9 Å². The largest absolute Gasteiger partial charge is 1.00 e. The predicted octanol–water partition coefficient (Wildman–Crippen LogP) is -3.18. The standard InChI is InChI=1S/C11H19NO4.Na/c1-5-16-9(13)6-8(4)12-10(7(2)3)11(14)15;/h6-7,10,12H,5H2,1-4H3,(H,14,15);/q;+1/p-1/b8-6+;/t10-;/m0./s1. The van der Waals surface area contributed by atoms with Crippen molar-refractivity contribution in [2.75, 3.05) is 6.61 Å². The molecule has 0 radical (unpaired) electrons. The van der Waals surface area contributed by atoms with Gasteiger partial charge in [0.05, 0.1) is 18.6 Å². The van der Waals surface area contributed by atoms with Gasteiger partial charge in [-0.3, -0.25) is 0 Å². The van der Waals surface area contributed by atoms with Crippen LogP contribution in [0.3, 0.4) is 0 Å². The van der Waals surface area contributed by atoms with Crippen LogP contribution in [-0.4, -0.2) is 24.6 Å². The van der Waals surface area contributed by atoms with Gasteiger partial charge in [0.2, 0.25) is 0 Å². The molecule has 0 heterocycles. The Labute approximate surface area is 124 Å². The van der Waals surface area contributed by atoms with E-state index in [0.29, 0.717) is 5.70 Å². The van der Waals surface area contributed by atoms with Crippen LogP contribution in [0, 0.1) is 5.92 Å². The maximum absolute atomic E-state index is 11.1. The number of carboxylic acids is 1. The minimum Gasteiger partial charge on any atom is -0.548 e. The molecule has 0 aliphatic heterocycles. The van der Waals surface area contributed by atoms with Crippen LogP contribution in [0.4, 0.5) is 0 Å². The molecule has 0 unspecified atom stereocenters. The number of carboxylic acid groups (broad SMARTS) is 1. The van der Waals surface area contributed by atoms with Crippen LogP contribution >= 0.6 is 0 Å². The van der Waals surface area contributed by atoms with Gasteiger partial charge in [0.25, 0.3) is 0 Å². The molecule has 0 saturated heterocycles. The minimum atomic E-state index is -1.19.